The monoisotopic (exact) mass is 198 g/mol. The molecule has 1 atom stereocenters. The summed E-state index contributed by atoms with van der Waals surface area (Å²) >= 11 is 0. The van der Waals surface area contributed by atoms with Gasteiger partial charge in [-0.05, 0) is 25.9 Å². The summed E-state index contributed by atoms with van der Waals surface area (Å²) in [5.74, 6) is 0. The van der Waals surface area contributed by atoms with Crippen molar-refractivity contribution in [2.45, 2.75) is 57.9 Å². The van der Waals surface area contributed by atoms with E-state index >= 15 is 0 Å². The lowest BCUT2D eigenvalue weighted by Gasteiger charge is -2.23. The maximum absolute atomic E-state index is 6.10. The van der Waals surface area contributed by atoms with E-state index < -0.39 is 0 Å². The van der Waals surface area contributed by atoms with Gasteiger partial charge in [-0.1, -0.05) is 39.0 Å². The number of hydrogen-bond acceptors (Lipinski definition) is 2. The Hall–Kier alpha value is -0.0800. The third kappa shape index (κ3) is 4.97. The van der Waals surface area contributed by atoms with Gasteiger partial charge in [0.15, 0.2) is 0 Å². The van der Waals surface area contributed by atoms with Crippen LogP contribution in [-0.2, 0) is 0 Å². The van der Waals surface area contributed by atoms with Crippen molar-refractivity contribution in [3.63, 3.8) is 0 Å². The molecule has 0 bridgehead atoms. The molecule has 0 saturated carbocycles. The molecule has 2 N–H and O–H groups in total. The molecule has 1 saturated heterocycles. The van der Waals surface area contributed by atoms with Crippen LogP contribution in [0.5, 0.6) is 0 Å². The molecular formula is C12H26N2. The van der Waals surface area contributed by atoms with E-state index in [1.54, 1.807) is 0 Å². The molecular weight excluding hydrogens is 172 g/mol. The number of hydrogen-bond donors (Lipinski definition) is 1. The second kappa shape index (κ2) is 7.24. The Kier molecular flexibility index (Phi) is 6.20. The van der Waals surface area contributed by atoms with E-state index in [2.05, 4.69) is 11.8 Å². The molecule has 0 aliphatic carbocycles. The first-order chi connectivity index (χ1) is 6.83. The Bertz CT molecular complexity index is 136. The first-order valence-corrected chi connectivity index (χ1v) is 6.31. The van der Waals surface area contributed by atoms with E-state index in [4.69, 9.17) is 5.73 Å². The first kappa shape index (κ1) is 12.0. The zero-order valence-electron chi connectivity index (χ0n) is 9.67. The van der Waals surface area contributed by atoms with Gasteiger partial charge in [0.1, 0.15) is 0 Å². The summed E-state index contributed by atoms with van der Waals surface area (Å²) in [6.45, 7) is 5.76. The van der Waals surface area contributed by atoms with Crippen LogP contribution >= 0.6 is 0 Å². The van der Waals surface area contributed by atoms with Gasteiger partial charge in [-0.2, -0.15) is 0 Å². The molecule has 2 nitrogen and oxygen atoms in total. The Balaban J connectivity index is 2.31. The van der Waals surface area contributed by atoms with Crippen LogP contribution in [0.1, 0.15) is 51.9 Å². The molecule has 84 valence electrons. The fourth-order valence-electron chi connectivity index (χ4n) is 2.25. The quantitative estimate of drug-likeness (QED) is 0.701. The smallest absolute Gasteiger partial charge is 0.0167 e. The molecule has 1 aliphatic rings. The van der Waals surface area contributed by atoms with E-state index in [1.807, 2.05) is 0 Å². The summed E-state index contributed by atoms with van der Waals surface area (Å²) in [4.78, 5) is 2.51. The minimum Gasteiger partial charge on any atom is -0.327 e. The maximum atomic E-state index is 6.10. The number of rotatable bonds is 1. The summed E-state index contributed by atoms with van der Waals surface area (Å²) in [6, 6.07) is 0.410. The van der Waals surface area contributed by atoms with Crippen LogP contribution in [0.25, 0.3) is 0 Å². The predicted molar refractivity (Wildman–Crippen MR) is 62.4 cm³/mol. The fraction of sp³-hybridized carbons (Fsp3) is 1.00. The van der Waals surface area contributed by atoms with E-state index in [-0.39, 0.29) is 0 Å². The SMILES string of the molecule is CCN1CCCCCCCCC(N)C1. The lowest BCUT2D eigenvalue weighted by atomic mass is 10.1. The summed E-state index contributed by atoms with van der Waals surface area (Å²) in [6.07, 6.45) is 9.55. The zero-order chi connectivity index (χ0) is 10.2. The Labute approximate surface area is 88.8 Å². The van der Waals surface area contributed by atoms with Gasteiger partial charge in [-0.3, -0.25) is 0 Å². The lowest BCUT2D eigenvalue weighted by molar-refractivity contribution is 0.260. The molecule has 0 amide bonds. The van der Waals surface area contributed by atoms with Gasteiger partial charge in [0.25, 0.3) is 0 Å². The van der Waals surface area contributed by atoms with Crippen LogP contribution in [0.3, 0.4) is 0 Å². The molecule has 1 fully saturated rings. The number of nitrogens with two attached hydrogens (primary N) is 1. The number of likely N-dealkylation sites (N-methyl/N-ethyl adjacent to an activating group) is 1. The van der Waals surface area contributed by atoms with Crippen LogP contribution in [0, 0.1) is 0 Å². The van der Waals surface area contributed by atoms with E-state index in [9.17, 15) is 0 Å². The molecule has 1 aliphatic heterocycles. The normalized spacial score (nSPS) is 28.3. The highest BCUT2D eigenvalue weighted by Gasteiger charge is 2.09. The highest BCUT2D eigenvalue weighted by Crippen LogP contribution is 2.11. The second-order valence-electron chi connectivity index (χ2n) is 4.56. The average Bonchev–Trinajstić information content (AvgIpc) is 2.23. The van der Waals surface area contributed by atoms with Gasteiger partial charge >= 0.3 is 0 Å². The van der Waals surface area contributed by atoms with Gasteiger partial charge in [0.05, 0.1) is 0 Å². The minimum absolute atomic E-state index is 0.410. The van der Waals surface area contributed by atoms with Gasteiger partial charge in [0.2, 0.25) is 0 Å². The van der Waals surface area contributed by atoms with Crippen molar-refractivity contribution < 1.29 is 0 Å². The van der Waals surface area contributed by atoms with Crippen molar-refractivity contribution in [1.29, 1.82) is 0 Å². The Morgan fingerprint density at radius 3 is 2.43 bits per heavy atom. The Morgan fingerprint density at radius 1 is 1.07 bits per heavy atom. The van der Waals surface area contributed by atoms with Crippen LogP contribution in [-0.4, -0.2) is 30.6 Å². The molecule has 0 aromatic rings. The van der Waals surface area contributed by atoms with Gasteiger partial charge in [-0.25, -0.2) is 0 Å². The fourth-order valence-corrected chi connectivity index (χ4v) is 2.25. The Morgan fingerprint density at radius 2 is 1.71 bits per heavy atom. The van der Waals surface area contributed by atoms with Crippen molar-refractivity contribution in [2.24, 2.45) is 5.73 Å². The molecule has 1 unspecified atom stereocenters. The molecule has 0 spiro atoms. The molecule has 1 rings (SSSR count). The van der Waals surface area contributed by atoms with E-state index in [0.717, 1.165) is 13.1 Å². The van der Waals surface area contributed by atoms with E-state index in [1.165, 1.54) is 51.5 Å². The van der Waals surface area contributed by atoms with Crippen LogP contribution < -0.4 is 5.73 Å². The largest absolute Gasteiger partial charge is 0.327 e. The van der Waals surface area contributed by atoms with Gasteiger partial charge < -0.3 is 10.6 Å². The topological polar surface area (TPSA) is 29.3 Å². The summed E-state index contributed by atoms with van der Waals surface area (Å²) < 4.78 is 0. The van der Waals surface area contributed by atoms with Crippen LogP contribution in [0.15, 0.2) is 0 Å². The third-order valence-corrected chi connectivity index (χ3v) is 3.24. The molecule has 0 aromatic heterocycles. The van der Waals surface area contributed by atoms with Crippen LogP contribution in [0.4, 0.5) is 0 Å². The highest BCUT2D eigenvalue weighted by molar-refractivity contribution is 4.69. The van der Waals surface area contributed by atoms with Crippen molar-refractivity contribution in [2.75, 3.05) is 19.6 Å². The van der Waals surface area contributed by atoms with Crippen molar-refractivity contribution in [3.8, 4) is 0 Å². The average molecular weight is 198 g/mol. The maximum Gasteiger partial charge on any atom is 0.0167 e. The summed E-state index contributed by atoms with van der Waals surface area (Å²) in [5.41, 5.74) is 6.10. The minimum atomic E-state index is 0.410. The molecule has 0 aromatic carbocycles. The standard InChI is InChI=1S/C12H26N2/c1-2-14-10-8-6-4-3-5-7-9-12(13)11-14/h12H,2-11,13H2,1H3. The summed E-state index contributed by atoms with van der Waals surface area (Å²) in [7, 11) is 0. The van der Waals surface area contributed by atoms with Gasteiger partial charge in [0, 0.05) is 12.6 Å². The highest BCUT2D eigenvalue weighted by atomic mass is 15.1. The first-order valence-electron chi connectivity index (χ1n) is 6.31. The van der Waals surface area contributed by atoms with Crippen molar-refractivity contribution in [3.05, 3.63) is 0 Å². The second-order valence-corrected chi connectivity index (χ2v) is 4.56. The predicted octanol–water partition coefficient (Wildman–Crippen LogP) is 2.38. The van der Waals surface area contributed by atoms with Gasteiger partial charge in [-0.15, -0.1) is 0 Å². The van der Waals surface area contributed by atoms with E-state index in [0.29, 0.717) is 6.04 Å². The number of nitrogens with zero attached hydrogens (tertiary/aromatic N) is 1. The third-order valence-electron chi connectivity index (χ3n) is 3.24. The summed E-state index contributed by atoms with van der Waals surface area (Å²) in [5, 5.41) is 0. The lowest BCUT2D eigenvalue weighted by Crippen LogP contribution is -2.37. The van der Waals surface area contributed by atoms with Crippen LogP contribution in [0.2, 0.25) is 0 Å². The molecule has 14 heavy (non-hydrogen) atoms. The molecule has 1 heterocycles. The van der Waals surface area contributed by atoms with Crippen molar-refractivity contribution in [1.82, 2.24) is 4.90 Å². The molecule has 0 radical (unpaired) electrons. The zero-order valence-corrected chi connectivity index (χ0v) is 9.67. The molecule has 2 heteroatoms. The van der Waals surface area contributed by atoms with Crippen molar-refractivity contribution >= 4 is 0 Å².